The van der Waals surface area contributed by atoms with Gasteiger partial charge >= 0.3 is 0 Å². The van der Waals surface area contributed by atoms with Crippen LogP contribution in [0, 0.1) is 0 Å². The minimum absolute atomic E-state index is 0.0571. The topological polar surface area (TPSA) is 17.1 Å². The van der Waals surface area contributed by atoms with E-state index in [9.17, 15) is 4.79 Å². The molecule has 0 spiro atoms. The SMILES string of the molecule is O=CCC[C@H](Cl)c1ccc(Br)cc1. The van der Waals surface area contributed by atoms with Gasteiger partial charge in [-0.1, -0.05) is 28.1 Å². The minimum atomic E-state index is -0.0571. The lowest BCUT2D eigenvalue weighted by Gasteiger charge is -2.07. The molecule has 0 N–H and O–H groups in total. The number of halogens is 2. The quantitative estimate of drug-likeness (QED) is 0.596. The van der Waals surface area contributed by atoms with Gasteiger partial charge in [0.05, 0.1) is 5.38 Å². The van der Waals surface area contributed by atoms with E-state index in [0.717, 1.165) is 16.3 Å². The fourth-order valence-corrected chi connectivity index (χ4v) is 1.59. The maximum absolute atomic E-state index is 10.1. The highest BCUT2D eigenvalue weighted by atomic mass is 79.9. The molecule has 0 amide bonds. The molecular formula is C10H10BrClO. The van der Waals surface area contributed by atoms with E-state index in [0.29, 0.717) is 12.8 Å². The van der Waals surface area contributed by atoms with Gasteiger partial charge in [0.25, 0.3) is 0 Å². The molecule has 0 saturated carbocycles. The van der Waals surface area contributed by atoms with Crippen molar-refractivity contribution in [2.24, 2.45) is 0 Å². The van der Waals surface area contributed by atoms with Gasteiger partial charge in [0.2, 0.25) is 0 Å². The number of carbonyl (C=O) groups excluding carboxylic acids is 1. The van der Waals surface area contributed by atoms with Gasteiger partial charge in [-0.25, -0.2) is 0 Å². The van der Waals surface area contributed by atoms with Crippen molar-refractivity contribution in [1.29, 1.82) is 0 Å². The summed E-state index contributed by atoms with van der Waals surface area (Å²) < 4.78 is 1.04. The van der Waals surface area contributed by atoms with Crippen LogP contribution in [0.4, 0.5) is 0 Å². The zero-order valence-corrected chi connectivity index (χ0v) is 9.38. The Morgan fingerprint density at radius 2 is 2.00 bits per heavy atom. The lowest BCUT2D eigenvalue weighted by atomic mass is 10.1. The van der Waals surface area contributed by atoms with Gasteiger partial charge in [0, 0.05) is 10.9 Å². The highest BCUT2D eigenvalue weighted by Crippen LogP contribution is 2.26. The minimum Gasteiger partial charge on any atom is -0.303 e. The Hall–Kier alpha value is -0.340. The number of benzene rings is 1. The van der Waals surface area contributed by atoms with Gasteiger partial charge in [-0.3, -0.25) is 0 Å². The van der Waals surface area contributed by atoms with Crippen LogP contribution in [0.1, 0.15) is 23.8 Å². The summed E-state index contributed by atoms with van der Waals surface area (Å²) in [5.41, 5.74) is 1.06. The molecule has 3 heteroatoms. The number of hydrogen-bond acceptors (Lipinski definition) is 1. The van der Waals surface area contributed by atoms with E-state index in [4.69, 9.17) is 11.6 Å². The van der Waals surface area contributed by atoms with Crippen LogP contribution in [0.15, 0.2) is 28.7 Å². The summed E-state index contributed by atoms with van der Waals surface area (Å²) in [5.74, 6) is 0. The second kappa shape index (κ2) is 5.40. The molecule has 0 aliphatic carbocycles. The van der Waals surface area contributed by atoms with Crippen LogP contribution in [-0.4, -0.2) is 6.29 Å². The van der Waals surface area contributed by atoms with Crippen molar-refractivity contribution < 1.29 is 4.79 Å². The van der Waals surface area contributed by atoms with Gasteiger partial charge < -0.3 is 4.79 Å². The Balaban J connectivity index is 2.60. The molecule has 0 aliphatic heterocycles. The first-order valence-corrected chi connectivity index (χ1v) is 5.30. The lowest BCUT2D eigenvalue weighted by Crippen LogP contribution is -1.90. The van der Waals surface area contributed by atoms with Gasteiger partial charge in [-0.15, -0.1) is 11.6 Å². The van der Waals surface area contributed by atoms with Crippen molar-refractivity contribution in [2.45, 2.75) is 18.2 Å². The summed E-state index contributed by atoms with van der Waals surface area (Å²) in [5, 5.41) is -0.0571. The van der Waals surface area contributed by atoms with Crippen molar-refractivity contribution in [3.8, 4) is 0 Å². The maximum atomic E-state index is 10.1. The lowest BCUT2D eigenvalue weighted by molar-refractivity contribution is -0.107. The molecular weight excluding hydrogens is 251 g/mol. The molecule has 0 fully saturated rings. The summed E-state index contributed by atoms with van der Waals surface area (Å²) >= 11 is 9.41. The maximum Gasteiger partial charge on any atom is 0.120 e. The summed E-state index contributed by atoms with van der Waals surface area (Å²) in [4.78, 5) is 10.1. The van der Waals surface area contributed by atoms with Crippen molar-refractivity contribution in [3.63, 3.8) is 0 Å². The van der Waals surface area contributed by atoms with Crippen molar-refractivity contribution >= 4 is 33.8 Å². The second-order valence-corrected chi connectivity index (χ2v) is 4.21. The average Bonchev–Trinajstić information content (AvgIpc) is 2.15. The van der Waals surface area contributed by atoms with E-state index < -0.39 is 0 Å². The molecule has 1 aromatic carbocycles. The van der Waals surface area contributed by atoms with E-state index in [-0.39, 0.29) is 5.38 Å². The Bertz CT molecular complexity index is 271. The Morgan fingerprint density at radius 1 is 1.38 bits per heavy atom. The molecule has 1 atom stereocenters. The Labute approximate surface area is 91.2 Å². The van der Waals surface area contributed by atoms with E-state index in [2.05, 4.69) is 15.9 Å². The first kappa shape index (κ1) is 10.7. The van der Waals surface area contributed by atoms with Crippen LogP contribution >= 0.6 is 27.5 Å². The van der Waals surface area contributed by atoms with Crippen LogP contribution in [-0.2, 0) is 4.79 Å². The summed E-state index contributed by atoms with van der Waals surface area (Å²) in [6, 6.07) is 7.83. The molecule has 0 bridgehead atoms. The van der Waals surface area contributed by atoms with E-state index >= 15 is 0 Å². The average molecular weight is 262 g/mol. The number of aldehydes is 1. The summed E-state index contributed by atoms with van der Waals surface area (Å²) in [6.07, 6.45) is 2.12. The van der Waals surface area contributed by atoms with Gasteiger partial charge in [0.1, 0.15) is 6.29 Å². The third kappa shape index (κ3) is 3.49. The van der Waals surface area contributed by atoms with Gasteiger partial charge in [-0.05, 0) is 24.1 Å². The molecule has 0 aliphatic rings. The van der Waals surface area contributed by atoms with Crippen LogP contribution < -0.4 is 0 Å². The van der Waals surface area contributed by atoms with Crippen molar-refractivity contribution in [3.05, 3.63) is 34.3 Å². The molecule has 1 nitrogen and oxygen atoms in total. The monoisotopic (exact) mass is 260 g/mol. The smallest absolute Gasteiger partial charge is 0.120 e. The Kier molecular flexibility index (Phi) is 4.46. The molecule has 70 valence electrons. The fraction of sp³-hybridized carbons (Fsp3) is 0.300. The number of alkyl halides is 1. The van der Waals surface area contributed by atoms with Crippen LogP contribution in [0.2, 0.25) is 0 Å². The molecule has 0 radical (unpaired) electrons. The largest absolute Gasteiger partial charge is 0.303 e. The van der Waals surface area contributed by atoms with Crippen molar-refractivity contribution in [2.75, 3.05) is 0 Å². The zero-order chi connectivity index (χ0) is 9.68. The standard InChI is InChI=1S/C10H10BrClO/c11-9-5-3-8(4-6-9)10(12)2-1-7-13/h3-7,10H,1-2H2/t10-/m0/s1. The third-order valence-corrected chi connectivity index (χ3v) is 2.77. The fourth-order valence-electron chi connectivity index (χ4n) is 1.05. The number of rotatable bonds is 4. The molecule has 1 rings (SSSR count). The predicted molar refractivity (Wildman–Crippen MR) is 58.0 cm³/mol. The molecule has 0 heterocycles. The molecule has 1 aromatic rings. The van der Waals surface area contributed by atoms with Crippen LogP contribution in [0.5, 0.6) is 0 Å². The molecule has 0 saturated heterocycles. The van der Waals surface area contributed by atoms with E-state index in [1.165, 1.54) is 0 Å². The molecule has 13 heavy (non-hydrogen) atoms. The first-order chi connectivity index (χ1) is 6.24. The van der Waals surface area contributed by atoms with E-state index in [1.807, 2.05) is 24.3 Å². The third-order valence-electron chi connectivity index (χ3n) is 1.77. The highest BCUT2D eigenvalue weighted by Gasteiger charge is 2.06. The van der Waals surface area contributed by atoms with Crippen LogP contribution in [0.25, 0.3) is 0 Å². The Morgan fingerprint density at radius 3 is 2.54 bits per heavy atom. The van der Waals surface area contributed by atoms with Crippen LogP contribution in [0.3, 0.4) is 0 Å². The summed E-state index contributed by atoms with van der Waals surface area (Å²) in [7, 11) is 0. The summed E-state index contributed by atoms with van der Waals surface area (Å²) in [6.45, 7) is 0. The second-order valence-electron chi connectivity index (χ2n) is 2.76. The number of hydrogen-bond donors (Lipinski definition) is 0. The van der Waals surface area contributed by atoms with E-state index in [1.54, 1.807) is 0 Å². The van der Waals surface area contributed by atoms with Gasteiger partial charge in [0.15, 0.2) is 0 Å². The van der Waals surface area contributed by atoms with Crippen molar-refractivity contribution in [1.82, 2.24) is 0 Å². The predicted octanol–water partition coefficient (Wildman–Crippen LogP) is 3.71. The first-order valence-electron chi connectivity index (χ1n) is 4.07. The molecule has 0 unspecified atom stereocenters. The number of carbonyl (C=O) groups is 1. The molecule has 0 aromatic heterocycles. The normalized spacial score (nSPS) is 12.5. The zero-order valence-electron chi connectivity index (χ0n) is 7.04. The van der Waals surface area contributed by atoms with Gasteiger partial charge in [-0.2, -0.15) is 0 Å². The highest BCUT2D eigenvalue weighted by molar-refractivity contribution is 9.10.